The SMILES string of the molecule is COCCCCOC1CC(C)(C)N(C)C(C)(C)C1. The third-order valence-corrected chi connectivity index (χ3v) is 4.37. The van der Waals surface area contributed by atoms with E-state index in [0.29, 0.717) is 6.10 Å². The zero-order valence-corrected chi connectivity index (χ0v) is 13.1. The van der Waals surface area contributed by atoms with Crippen molar-refractivity contribution in [3.63, 3.8) is 0 Å². The molecule has 1 aliphatic heterocycles. The quantitative estimate of drug-likeness (QED) is 0.683. The smallest absolute Gasteiger partial charge is 0.0610 e. The first-order valence-electron chi connectivity index (χ1n) is 7.14. The Hall–Kier alpha value is -0.120. The van der Waals surface area contributed by atoms with E-state index in [1.54, 1.807) is 7.11 Å². The summed E-state index contributed by atoms with van der Waals surface area (Å²) in [6.45, 7) is 11.0. The molecule has 0 unspecified atom stereocenters. The number of unbranched alkanes of at least 4 members (excludes halogenated alkanes) is 1. The lowest BCUT2D eigenvalue weighted by Gasteiger charge is -2.53. The Kier molecular flexibility index (Phi) is 5.63. The average Bonchev–Trinajstić information content (AvgIpc) is 2.25. The highest BCUT2D eigenvalue weighted by Crippen LogP contribution is 2.38. The second-order valence-electron chi connectivity index (χ2n) is 6.78. The van der Waals surface area contributed by atoms with Crippen LogP contribution in [0.3, 0.4) is 0 Å². The van der Waals surface area contributed by atoms with Gasteiger partial charge in [-0.2, -0.15) is 0 Å². The van der Waals surface area contributed by atoms with Crippen molar-refractivity contribution in [3.8, 4) is 0 Å². The van der Waals surface area contributed by atoms with Gasteiger partial charge in [-0.1, -0.05) is 0 Å². The molecule has 0 aromatic carbocycles. The summed E-state index contributed by atoms with van der Waals surface area (Å²) in [4.78, 5) is 2.49. The van der Waals surface area contributed by atoms with Crippen molar-refractivity contribution in [3.05, 3.63) is 0 Å². The first-order valence-corrected chi connectivity index (χ1v) is 7.14. The summed E-state index contributed by atoms with van der Waals surface area (Å²) in [5.41, 5.74) is 0.442. The first-order chi connectivity index (χ1) is 8.29. The fourth-order valence-corrected chi connectivity index (χ4v) is 3.00. The zero-order valence-electron chi connectivity index (χ0n) is 13.1. The second-order valence-corrected chi connectivity index (χ2v) is 6.78. The van der Waals surface area contributed by atoms with E-state index < -0.39 is 0 Å². The van der Waals surface area contributed by atoms with Crippen LogP contribution >= 0.6 is 0 Å². The van der Waals surface area contributed by atoms with E-state index in [9.17, 15) is 0 Å². The number of hydrogen-bond acceptors (Lipinski definition) is 3. The number of methoxy groups -OCH3 is 1. The molecule has 108 valence electrons. The fourth-order valence-electron chi connectivity index (χ4n) is 3.00. The molecule has 0 aromatic heterocycles. The third kappa shape index (κ3) is 4.22. The summed E-state index contributed by atoms with van der Waals surface area (Å²) < 4.78 is 11.1. The molecular formula is C15H31NO2. The van der Waals surface area contributed by atoms with Gasteiger partial charge in [-0.3, -0.25) is 4.90 Å². The molecule has 0 atom stereocenters. The van der Waals surface area contributed by atoms with Crippen LogP contribution in [0.15, 0.2) is 0 Å². The van der Waals surface area contributed by atoms with Crippen LogP contribution < -0.4 is 0 Å². The van der Waals surface area contributed by atoms with Crippen LogP contribution in [0.4, 0.5) is 0 Å². The van der Waals surface area contributed by atoms with Gasteiger partial charge >= 0.3 is 0 Å². The van der Waals surface area contributed by atoms with Gasteiger partial charge in [0.15, 0.2) is 0 Å². The highest BCUT2D eigenvalue weighted by molar-refractivity contribution is 4.98. The van der Waals surface area contributed by atoms with Crippen LogP contribution in [0.2, 0.25) is 0 Å². The fraction of sp³-hybridized carbons (Fsp3) is 1.00. The Morgan fingerprint density at radius 3 is 2.00 bits per heavy atom. The van der Waals surface area contributed by atoms with Crippen LogP contribution in [0.25, 0.3) is 0 Å². The molecule has 18 heavy (non-hydrogen) atoms. The second kappa shape index (κ2) is 6.36. The van der Waals surface area contributed by atoms with Gasteiger partial charge in [-0.25, -0.2) is 0 Å². The van der Waals surface area contributed by atoms with Gasteiger partial charge in [-0.15, -0.1) is 0 Å². The third-order valence-electron chi connectivity index (χ3n) is 4.37. The standard InChI is InChI=1S/C15H31NO2/c1-14(2)11-13(12-15(3,4)16(14)5)18-10-8-7-9-17-6/h13H,7-12H2,1-6H3. The minimum absolute atomic E-state index is 0.221. The number of piperidine rings is 1. The molecule has 1 rings (SSSR count). The lowest BCUT2D eigenvalue weighted by molar-refractivity contribution is -0.0921. The molecular weight excluding hydrogens is 226 g/mol. The highest BCUT2D eigenvalue weighted by Gasteiger charge is 2.43. The molecule has 3 nitrogen and oxygen atoms in total. The van der Waals surface area contributed by atoms with Crippen molar-refractivity contribution in [2.45, 2.75) is 70.6 Å². The van der Waals surface area contributed by atoms with Gasteiger partial charge in [0, 0.05) is 31.4 Å². The molecule has 0 radical (unpaired) electrons. The van der Waals surface area contributed by atoms with Crippen LogP contribution in [0.1, 0.15) is 53.4 Å². The maximum Gasteiger partial charge on any atom is 0.0610 e. The average molecular weight is 257 g/mol. The minimum Gasteiger partial charge on any atom is -0.385 e. The summed E-state index contributed by atoms with van der Waals surface area (Å²) in [7, 11) is 3.98. The predicted molar refractivity (Wildman–Crippen MR) is 76.0 cm³/mol. The number of likely N-dealkylation sites (tertiary alicyclic amines) is 1. The van der Waals surface area contributed by atoms with Crippen molar-refractivity contribution in [2.24, 2.45) is 0 Å². The Bertz CT molecular complexity index is 233. The van der Waals surface area contributed by atoms with Crippen molar-refractivity contribution >= 4 is 0 Å². The molecule has 1 fully saturated rings. The highest BCUT2D eigenvalue weighted by atomic mass is 16.5. The topological polar surface area (TPSA) is 21.7 Å². The molecule has 3 heteroatoms. The number of hydrogen-bond donors (Lipinski definition) is 0. The van der Waals surface area contributed by atoms with Gasteiger partial charge in [0.1, 0.15) is 0 Å². The van der Waals surface area contributed by atoms with Crippen molar-refractivity contribution in [1.82, 2.24) is 4.90 Å². The summed E-state index contributed by atoms with van der Waals surface area (Å²) in [6, 6.07) is 0. The minimum atomic E-state index is 0.221. The maximum atomic E-state index is 6.07. The molecule has 1 heterocycles. The van der Waals surface area contributed by atoms with Gasteiger partial charge in [-0.05, 0) is 60.4 Å². The Labute approximate surface area is 113 Å². The van der Waals surface area contributed by atoms with E-state index in [-0.39, 0.29) is 11.1 Å². The molecule has 1 aliphatic rings. The van der Waals surface area contributed by atoms with Crippen LogP contribution in [-0.2, 0) is 9.47 Å². The van der Waals surface area contributed by atoms with Gasteiger partial charge in [0.2, 0.25) is 0 Å². The number of ether oxygens (including phenoxy) is 2. The van der Waals surface area contributed by atoms with Gasteiger partial charge < -0.3 is 9.47 Å². The molecule has 1 saturated heterocycles. The van der Waals surface area contributed by atoms with E-state index in [1.165, 1.54) is 0 Å². The zero-order chi connectivity index (χ0) is 13.8. The molecule has 0 aliphatic carbocycles. The Balaban J connectivity index is 2.39. The summed E-state index contributed by atoms with van der Waals surface area (Å²) >= 11 is 0. The molecule has 0 aromatic rings. The van der Waals surface area contributed by atoms with Crippen LogP contribution in [0, 0.1) is 0 Å². The summed E-state index contributed by atoms with van der Waals surface area (Å²) in [5.74, 6) is 0. The van der Waals surface area contributed by atoms with Gasteiger partial charge in [0.05, 0.1) is 6.10 Å². The number of nitrogens with zero attached hydrogens (tertiary/aromatic N) is 1. The molecule has 0 N–H and O–H groups in total. The van der Waals surface area contributed by atoms with E-state index in [0.717, 1.165) is 38.9 Å². The van der Waals surface area contributed by atoms with Crippen molar-refractivity contribution in [2.75, 3.05) is 27.4 Å². The van der Waals surface area contributed by atoms with Gasteiger partial charge in [0.25, 0.3) is 0 Å². The van der Waals surface area contributed by atoms with E-state index in [4.69, 9.17) is 9.47 Å². The summed E-state index contributed by atoms with van der Waals surface area (Å²) in [6.07, 6.45) is 4.83. The normalized spacial score (nSPS) is 24.3. The van der Waals surface area contributed by atoms with Crippen LogP contribution in [-0.4, -0.2) is 49.5 Å². The molecule has 0 spiro atoms. The monoisotopic (exact) mass is 257 g/mol. The van der Waals surface area contributed by atoms with Crippen molar-refractivity contribution < 1.29 is 9.47 Å². The van der Waals surface area contributed by atoms with E-state index >= 15 is 0 Å². The molecule has 0 saturated carbocycles. The van der Waals surface area contributed by atoms with Crippen LogP contribution in [0.5, 0.6) is 0 Å². The van der Waals surface area contributed by atoms with Crippen molar-refractivity contribution in [1.29, 1.82) is 0 Å². The Morgan fingerprint density at radius 2 is 1.50 bits per heavy atom. The summed E-state index contributed by atoms with van der Waals surface area (Å²) in [5, 5.41) is 0. The number of rotatable bonds is 6. The first kappa shape index (κ1) is 15.9. The van der Waals surface area contributed by atoms with E-state index in [1.807, 2.05) is 0 Å². The lowest BCUT2D eigenvalue weighted by atomic mass is 9.79. The lowest BCUT2D eigenvalue weighted by Crippen LogP contribution is -2.60. The Morgan fingerprint density at radius 1 is 1.00 bits per heavy atom. The predicted octanol–water partition coefficient (Wildman–Crippen LogP) is 3.08. The largest absolute Gasteiger partial charge is 0.385 e. The molecule has 0 amide bonds. The van der Waals surface area contributed by atoms with E-state index in [2.05, 4.69) is 39.6 Å². The molecule has 0 bridgehead atoms. The maximum absolute atomic E-state index is 6.07.